The molecule has 6 heteroatoms. The van der Waals surface area contributed by atoms with Gasteiger partial charge < -0.3 is 20.5 Å². The number of urea groups is 1. The molecule has 19 heavy (non-hydrogen) atoms. The molecule has 0 aromatic carbocycles. The van der Waals surface area contributed by atoms with Crippen LogP contribution in [-0.4, -0.2) is 29.6 Å². The van der Waals surface area contributed by atoms with Crippen LogP contribution in [0.1, 0.15) is 18.4 Å². The topological polar surface area (TPSA) is 75.2 Å². The number of rotatable bonds is 6. The highest BCUT2D eigenvalue weighted by molar-refractivity contribution is 5.83. The summed E-state index contributed by atoms with van der Waals surface area (Å²) < 4.78 is 1.92. The molecule has 1 aliphatic rings. The first-order valence-corrected chi connectivity index (χ1v) is 6.53. The fourth-order valence-electron chi connectivity index (χ4n) is 1.71. The number of nitrogens with one attached hydrogen (secondary N) is 3. The van der Waals surface area contributed by atoms with E-state index < -0.39 is 0 Å². The molecule has 2 rings (SSSR count). The van der Waals surface area contributed by atoms with E-state index in [9.17, 15) is 9.59 Å². The maximum absolute atomic E-state index is 11.5. The van der Waals surface area contributed by atoms with Crippen LogP contribution in [-0.2, 0) is 18.4 Å². The van der Waals surface area contributed by atoms with E-state index in [2.05, 4.69) is 16.0 Å². The predicted molar refractivity (Wildman–Crippen MR) is 71.4 cm³/mol. The number of hydrogen-bond donors (Lipinski definition) is 3. The summed E-state index contributed by atoms with van der Waals surface area (Å²) in [7, 11) is 1.92. The summed E-state index contributed by atoms with van der Waals surface area (Å²) in [6, 6.07) is 1.60. The van der Waals surface area contributed by atoms with Crippen molar-refractivity contribution in [3.8, 4) is 0 Å². The Morgan fingerprint density at radius 2 is 2.11 bits per heavy atom. The van der Waals surface area contributed by atoms with Gasteiger partial charge in [-0.05, 0) is 30.4 Å². The maximum atomic E-state index is 11.5. The van der Waals surface area contributed by atoms with Crippen molar-refractivity contribution < 1.29 is 9.59 Å². The minimum Gasteiger partial charge on any atom is -0.357 e. The lowest BCUT2D eigenvalue weighted by Gasteiger charge is -2.07. The van der Waals surface area contributed by atoms with Gasteiger partial charge in [0.25, 0.3) is 0 Å². The summed E-state index contributed by atoms with van der Waals surface area (Å²) in [5.41, 5.74) is 1.02. The van der Waals surface area contributed by atoms with E-state index in [1.165, 1.54) is 12.8 Å². The van der Waals surface area contributed by atoms with Crippen LogP contribution in [0.3, 0.4) is 0 Å². The number of nitrogens with zero attached hydrogens (tertiary/aromatic N) is 1. The third kappa shape index (κ3) is 5.03. The van der Waals surface area contributed by atoms with Gasteiger partial charge in [0.05, 0.1) is 6.54 Å². The van der Waals surface area contributed by atoms with Crippen molar-refractivity contribution >= 4 is 11.9 Å². The van der Waals surface area contributed by atoms with Crippen molar-refractivity contribution in [1.82, 2.24) is 20.5 Å². The Hall–Kier alpha value is -1.98. The lowest BCUT2D eigenvalue weighted by molar-refractivity contribution is -0.120. The highest BCUT2D eigenvalue weighted by atomic mass is 16.2. The fourth-order valence-corrected chi connectivity index (χ4v) is 1.71. The lowest BCUT2D eigenvalue weighted by Crippen LogP contribution is -2.42. The minimum atomic E-state index is -0.328. The van der Waals surface area contributed by atoms with Crippen molar-refractivity contribution in [1.29, 1.82) is 0 Å². The van der Waals surface area contributed by atoms with Crippen LogP contribution in [0.25, 0.3) is 0 Å². The zero-order valence-electron chi connectivity index (χ0n) is 11.1. The Bertz CT molecular complexity index is 451. The number of amides is 3. The number of hydrogen-bond acceptors (Lipinski definition) is 2. The predicted octanol–water partition coefficient (Wildman–Crippen LogP) is 0.350. The minimum absolute atomic E-state index is 0.0212. The van der Waals surface area contributed by atoms with Gasteiger partial charge in [-0.15, -0.1) is 0 Å². The van der Waals surface area contributed by atoms with Crippen LogP contribution in [0.15, 0.2) is 18.5 Å². The number of carbonyl (C=O) groups excluding carboxylic acids is 2. The molecule has 0 atom stereocenters. The molecule has 1 heterocycles. The van der Waals surface area contributed by atoms with Crippen LogP contribution in [0.4, 0.5) is 4.79 Å². The van der Waals surface area contributed by atoms with Gasteiger partial charge in [-0.1, -0.05) is 0 Å². The average molecular weight is 264 g/mol. The molecule has 0 aliphatic heterocycles. The zero-order chi connectivity index (χ0) is 13.7. The second-order valence-electron chi connectivity index (χ2n) is 4.97. The molecule has 3 N–H and O–H groups in total. The number of carbonyl (C=O) groups is 2. The van der Waals surface area contributed by atoms with Crippen molar-refractivity contribution in [3.63, 3.8) is 0 Å². The Morgan fingerprint density at radius 1 is 1.32 bits per heavy atom. The lowest BCUT2D eigenvalue weighted by atomic mass is 10.3. The summed E-state index contributed by atoms with van der Waals surface area (Å²) in [5, 5.41) is 8.03. The maximum Gasteiger partial charge on any atom is 0.315 e. The van der Waals surface area contributed by atoms with E-state index in [1.54, 1.807) is 0 Å². The number of aryl methyl sites for hydroxylation is 1. The van der Waals surface area contributed by atoms with Gasteiger partial charge in [-0.25, -0.2) is 4.79 Å². The van der Waals surface area contributed by atoms with E-state index in [0.717, 1.165) is 12.1 Å². The molecule has 1 fully saturated rings. The van der Waals surface area contributed by atoms with Gasteiger partial charge in [0, 0.05) is 32.5 Å². The molecule has 6 nitrogen and oxygen atoms in total. The van der Waals surface area contributed by atoms with Gasteiger partial charge in [-0.3, -0.25) is 4.79 Å². The molecular weight excluding hydrogens is 244 g/mol. The molecule has 1 saturated carbocycles. The molecule has 0 bridgehead atoms. The fraction of sp³-hybridized carbons (Fsp3) is 0.538. The SMILES string of the molecule is Cn1ccc(CNC(=O)NCC(=O)NCC2CC2)c1. The second-order valence-corrected chi connectivity index (χ2v) is 4.97. The number of aromatic nitrogens is 1. The van der Waals surface area contributed by atoms with E-state index >= 15 is 0 Å². The standard InChI is InChI=1S/C13H20N4O2/c1-17-5-4-11(9-17)7-15-13(19)16-8-12(18)14-6-10-2-3-10/h4-5,9-10H,2-3,6-8H2,1H3,(H,14,18)(H2,15,16,19). The highest BCUT2D eigenvalue weighted by Gasteiger charge is 2.21. The smallest absolute Gasteiger partial charge is 0.315 e. The molecular formula is C13H20N4O2. The van der Waals surface area contributed by atoms with Crippen LogP contribution < -0.4 is 16.0 Å². The molecule has 0 spiro atoms. The molecule has 104 valence electrons. The molecule has 0 radical (unpaired) electrons. The largest absolute Gasteiger partial charge is 0.357 e. The Balaban J connectivity index is 1.57. The first-order chi connectivity index (χ1) is 9.13. The third-order valence-electron chi connectivity index (χ3n) is 3.04. The van der Waals surface area contributed by atoms with Gasteiger partial charge in [0.1, 0.15) is 0 Å². The quantitative estimate of drug-likeness (QED) is 0.693. The molecule has 1 aromatic rings. The van der Waals surface area contributed by atoms with Crippen LogP contribution >= 0.6 is 0 Å². The molecule has 0 saturated heterocycles. The van der Waals surface area contributed by atoms with Crippen molar-refractivity contribution in [2.45, 2.75) is 19.4 Å². The van der Waals surface area contributed by atoms with E-state index in [0.29, 0.717) is 12.5 Å². The molecule has 0 unspecified atom stereocenters. The summed E-state index contributed by atoms with van der Waals surface area (Å²) >= 11 is 0. The van der Waals surface area contributed by atoms with Crippen molar-refractivity contribution in [2.75, 3.05) is 13.1 Å². The first-order valence-electron chi connectivity index (χ1n) is 6.53. The van der Waals surface area contributed by atoms with E-state index in [1.807, 2.05) is 30.1 Å². The molecule has 1 aromatic heterocycles. The molecule has 3 amide bonds. The third-order valence-corrected chi connectivity index (χ3v) is 3.04. The Labute approximate surface area is 112 Å². The van der Waals surface area contributed by atoms with Crippen LogP contribution in [0.2, 0.25) is 0 Å². The molecule has 1 aliphatic carbocycles. The zero-order valence-corrected chi connectivity index (χ0v) is 11.1. The Kier molecular flexibility index (Phi) is 4.43. The van der Waals surface area contributed by atoms with Crippen LogP contribution in [0.5, 0.6) is 0 Å². The summed E-state index contributed by atoms with van der Waals surface area (Å²) in [6.07, 6.45) is 6.25. The van der Waals surface area contributed by atoms with Gasteiger partial charge in [0.2, 0.25) is 5.91 Å². The Morgan fingerprint density at radius 3 is 2.74 bits per heavy atom. The van der Waals surface area contributed by atoms with Crippen molar-refractivity contribution in [3.05, 3.63) is 24.0 Å². The van der Waals surface area contributed by atoms with Gasteiger partial charge >= 0.3 is 6.03 Å². The summed E-state index contributed by atoms with van der Waals surface area (Å²) in [6.45, 7) is 1.20. The second kappa shape index (κ2) is 6.26. The average Bonchev–Trinajstić information content (AvgIpc) is 3.13. The van der Waals surface area contributed by atoms with Gasteiger partial charge in [-0.2, -0.15) is 0 Å². The van der Waals surface area contributed by atoms with Crippen LogP contribution in [0, 0.1) is 5.92 Å². The summed E-state index contributed by atoms with van der Waals surface area (Å²) in [4.78, 5) is 22.9. The van der Waals surface area contributed by atoms with Gasteiger partial charge in [0.15, 0.2) is 0 Å². The first kappa shape index (κ1) is 13.5. The van der Waals surface area contributed by atoms with E-state index in [4.69, 9.17) is 0 Å². The highest BCUT2D eigenvalue weighted by Crippen LogP contribution is 2.27. The van der Waals surface area contributed by atoms with E-state index in [-0.39, 0.29) is 18.5 Å². The summed E-state index contributed by atoms with van der Waals surface area (Å²) in [5.74, 6) is 0.512. The normalized spacial score (nSPS) is 13.9. The monoisotopic (exact) mass is 264 g/mol. The van der Waals surface area contributed by atoms with Crippen molar-refractivity contribution in [2.24, 2.45) is 13.0 Å².